The third-order valence-corrected chi connectivity index (χ3v) is 3.08. The topological polar surface area (TPSA) is 41.6 Å². The van der Waals surface area contributed by atoms with Gasteiger partial charge in [-0.3, -0.25) is 4.79 Å². The van der Waals surface area contributed by atoms with E-state index < -0.39 is 0 Å². The van der Waals surface area contributed by atoms with E-state index in [1.54, 1.807) is 0 Å². The van der Waals surface area contributed by atoms with E-state index in [1.807, 2.05) is 6.92 Å². The van der Waals surface area contributed by atoms with Crippen LogP contribution in [0.15, 0.2) is 0 Å². The van der Waals surface area contributed by atoms with Gasteiger partial charge in [-0.25, -0.2) is 0 Å². The summed E-state index contributed by atoms with van der Waals surface area (Å²) in [6, 6.07) is 0. The van der Waals surface area contributed by atoms with Crippen molar-refractivity contribution in [1.29, 1.82) is 0 Å². The number of nitrogens with one attached hydrogen (secondary N) is 1. The molecule has 0 spiro atoms. The van der Waals surface area contributed by atoms with Crippen LogP contribution in [0, 0.1) is 5.92 Å². The summed E-state index contributed by atoms with van der Waals surface area (Å²) in [6.07, 6.45) is 3.02. The minimum Gasteiger partial charge on any atom is -0.466 e. The molecule has 0 amide bonds. The molecule has 0 aromatic carbocycles. The van der Waals surface area contributed by atoms with Crippen LogP contribution in [-0.2, 0) is 9.53 Å². The molecular formula is C12H24N2O2. The quantitative estimate of drug-likeness (QED) is 0.541. The van der Waals surface area contributed by atoms with Crippen molar-refractivity contribution in [2.24, 2.45) is 5.92 Å². The fourth-order valence-corrected chi connectivity index (χ4v) is 2.00. The molecule has 1 fully saturated rings. The zero-order chi connectivity index (χ0) is 11.8. The summed E-state index contributed by atoms with van der Waals surface area (Å²) < 4.78 is 4.86. The minimum absolute atomic E-state index is 0.0987. The smallest absolute Gasteiger partial charge is 0.307 e. The molecule has 4 heteroatoms. The highest BCUT2D eigenvalue weighted by atomic mass is 16.5. The summed E-state index contributed by atoms with van der Waals surface area (Å²) in [5.74, 6) is 0.678. The van der Waals surface area contributed by atoms with Gasteiger partial charge in [-0.2, -0.15) is 0 Å². The monoisotopic (exact) mass is 228 g/mol. The van der Waals surface area contributed by atoms with E-state index in [9.17, 15) is 4.79 Å². The Balaban J connectivity index is 1.97. The summed E-state index contributed by atoms with van der Waals surface area (Å²) in [4.78, 5) is 13.4. The second-order valence-electron chi connectivity index (χ2n) is 4.51. The first-order valence-corrected chi connectivity index (χ1v) is 6.27. The number of piperidine rings is 1. The maximum absolute atomic E-state index is 11.1. The zero-order valence-corrected chi connectivity index (χ0v) is 10.5. The number of nitrogens with zero attached hydrogens (tertiary/aromatic N) is 1. The lowest BCUT2D eigenvalue weighted by atomic mass is 9.97. The molecule has 1 rings (SSSR count). The lowest BCUT2D eigenvalue weighted by Crippen LogP contribution is -2.35. The molecule has 0 unspecified atom stereocenters. The van der Waals surface area contributed by atoms with Gasteiger partial charge in [-0.15, -0.1) is 0 Å². The molecule has 1 N–H and O–H groups in total. The van der Waals surface area contributed by atoms with Crippen LogP contribution < -0.4 is 5.32 Å². The number of hydrogen-bond acceptors (Lipinski definition) is 4. The fourth-order valence-electron chi connectivity index (χ4n) is 2.00. The number of hydrogen-bond donors (Lipinski definition) is 1. The molecule has 0 aromatic rings. The summed E-state index contributed by atoms with van der Waals surface area (Å²) in [5.41, 5.74) is 0. The van der Waals surface area contributed by atoms with Crippen LogP contribution in [0.3, 0.4) is 0 Å². The fraction of sp³-hybridized carbons (Fsp3) is 0.917. The van der Waals surface area contributed by atoms with Crippen molar-refractivity contribution >= 4 is 5.97 Å². The number of carbonyl (C=O) groups excluding carboxylic acids is 1. The summed E-state index contributed by atoms with van der Waals surface area (Å²) in [6.45, 7) is 6.49. The van der Waals surface area contributed by atoms with Crippen molar-refractivity contribution < 1.29 is 9.53 Å². The van der Waals surface area contributed by atoms with Gasteiger partial charge in [0.1, 0.15) is 0 Å². The number of ether oxygens (including phenoxy) is 1. The normalized spacial score (nSPS) is 18.6. The van der Waals surface area contributed by atoms with E-state index in [-0.39, 0.29) is 5.97 Å². The molecule has 1 aliphatic heterocycles. The molecule has 0 atom stereocenters. The Bertz CT molecular complexity index is 201. The molecule has 1 saturated heterocycles. The van der Waals surface area contributed by atoms with Crippen LogP contribution in [0.25, 0.3) is 0 Å². The number of likely N-dealkylation sites (tertiary alicyclic amines) is 1. The Labute approximate surface area is 98.3 Å². The molecule has 1 aliphatic rings. The molecule has 0 radical (unpaired) electrons. The summed E-state index contributed by atoms with van der Waals surface area (Å²) >= 11 is 0. The minimum atomic E-state index is -0.0987. The maximum Gasteiger partial charge on any atom is 0.307 e. The van der Waals surface area contributed by atoms with Crippen molar-refractivity contribution in [3.05, 3.63) is 0 Å². The summed E-state index contributed by atoms with van der Waals surface area (Å²) in [5, 5.41) is 3.34. The Morgan fingerprint density at radius 1 is 1.44 bits per heavy atom. The SMILES string of the molecule is CCOC(=O)CCNCC1CCN(C)CC1. The van der Waals surface area contributed by atoms with Gasteiger partial charge >= 0.3 is 5.97 Å². The highest BCUT2D eigenvalue weighted by molar-refractivity contribution is 5.69. The van der Waals surface area contributed by atoms with Crippen molar-refractivity contribution in [2.75, 3.05) is 39.8 Å². The number of esters is 1. The van der Waals surface area contributed by atoms with Gasteiger partial charge in [0.15, 0.2) is 0 Å². The van der Waals surface area contributed by atoms with Gasteiger partial charge in [0.05, 0.1) is 13.0 Å². The van der Waals surface area contributed by atoms with Crippen LogP contribution >= 0.6 is 0 Å². The Kier molecular flexibility index (Phi) is 6.42. The van der Waals surface area contributed by atoms with Crippen LogP contribution in [0.4, 0.5) is 0 Å². The standard InChI is InChI=1S/C12H24N2O2/c1-3-16-12(15)4-7-13-10-11-5-8-14(2)9-6-11/h11,13H,3-10H2,1-2H3. The van der Waals surface area contributed by atoms with E-state index in [0.29, 0.717) is 13.0 Å². The Morgan fingerprint density at radius 2 is 2.12 bits per heavy atom. The first-order chi connectivity index (χ1) is 7.72. The van der Waals surface area contributed by atoms with Crippen molar-refractivity contribution in [2.45, 2.75) is 26.2 Å². The van der Waals surface area contributed by atoms with E-state index in [0.717, 1.165) is 19.0 Å². The van der Waals surface area contributed by atoms with Crippen molar-refractivity contribution in [3.63, 3.8) is 0 Å². The molecule has 0 aromatic heterocycles. The zero-order valence-electron chi connectivity index (χ0n) is 10.5. The van der Waals surface area contributed by atoms with Crippen LogP contribution in [0.2, 0.25) is 0 Å². The van der Waals surface area contributed by atoms with Crippen molar-refractivity contribution in [1.82, 2.24) is 10.2 Å². The predicted octanol–water partition coefficient (Wildman–Crippen LogP) is 0.871. The molecule has 94 valence electrons. The second-order valence-corrected chi connectivity index (χ2v) is 4.51. The highest BCUT2D eigenvalue weighted by Crippen LogP contribution is 2.14. The van der Waals surface area contributed by atoms with Gasteiger partial charge in [0, 0.05) is 6.54 Å². The van der Waals surface area contributed by atoms with Crippen molar-refractivity contribution in [3.8, 4) is 0 Å². The average molecular weight is 228 g/mol. The van der Waals surface area contributed by atoms with E-state index in [1.165, 1.54) is 25.9 Å². The largest absolute Gasteiger partial charge is 0.466 e. The maximum atomic E-state index is 11.1. The third-order valence-electron chi connectivity index (χ3n) is 3.08. The first kappa shape index (κ1) is 13.5. The third kappa shape index (κ3) is 5.47. The Morgan fingerprint density at radius 3 is 2.75 bits per heavy atom. The lowest BCUT2D eigenvalue weighted by Gasteiger charge is -2.28. The molecule has 0 bridgehead atoms. The summed E-state index contributed by atoms with van der Waals surface area (Å²) in [7, 11) is 2.17. The van der Waals surface area contributed by atoms with Gasteiger partial charge in [-0.1, -0.05) is 0 Å². The van der Waals surface area contributed by atoms with Crippen LogP contribution in [0.5, 0.6) is 0 Å². The average Bonchev–Trinajstić information content (AvgIpc) is 2.27. The molecule has 16 heavy (non-hydrogen) atoms. The van der Waals surface area contributed by atoms with E-state index in [4.69, 9.17) is 4.74 Å². The van der Waals surface area contributed by atoms with Crippen LogP contribution in [-0.4, -0.2) is 50.7 Å². The van der Waals surface area contributed by atoms with E-state index >= 15 is 0 Å². The van der Waals surface area contributed by atoms with Gasteiger partial charge in [-0.05, 0) is 52.4 Å². The van der Waals surface area contributed by atoms with Crippen LogP contribution in [0.1, 0.15) is 26.2 Å². The van der Waals surface area contributed by atoms with Gasteiger partial charge in [0.2, 0.25) is 0 Å². The number of rotatable bonds is 6. The Hall–Kier alpha value is -0.610. The van der Waals surface area contributed by atoms with E-state index in [2.05, 4.69) is 17.3 Å². The lowest BCUT2D eigenvalue weighted by molar-refractivity contribution is -0.142. The highest BCUT2D eigenvalue weighted by Gasteiger charge is 2.15. The molecule has 4 nitrogen and oxygen atoms in total. The van der Waals surface area contributed by atoms with Gasteiger partial charge in [0.25, 0.3) is 0 Å². The second kappa shape index (κ2) is 7.63. The molecule has 1 heterocycles. The predicted molar refractivity (Wildman–Crippen MR) is 64.3 cm³/mol. The molecule has 0 aliphatic carbocycles. The van der Waals surface area contributed by atoms with Gasteiger partial charge < -0.3 is 15.0 Å². The molecular weight excluding hydrogens is 204 g/mol. The molecule has 0 saturated carbocycles. The first-order valence-electron chi connectivity index (χ1n) is 6.27. The number of carbonyl (C=O) groups is 1.